The maximum atomic E-state index is 10.3. The molecule has 1 aromatic rings. The molecule has 7 heteroatoms. The molecule has 0 N–H and O–H groups in total. The quantitative estimate of drug-likeness (QED) is 0.381. The minimum atomic E-state index is -1.66. The molecule has 14 heavy (non-hydrogen) atoms. The molecule has 0 aromatic carbocycles. The van der Waals surface area contributed by atoms with E-state index in [1.807, 2.05) is 0 Å². The average Bonchev–Trinajstić information content (AvgIpc) is 2.37. The maximum absolute atomic E-state index is 10.3. The molecule has 0 saturated carbocycles. The van der Waals surface area contributed by atoms with Crippen LogP contribution in [0.25, 0.3) is 0 Å². The van der Waals surface area contributed by atoms with E-state index >= 15 is 0 Å². The molecule has 1 aromatic heterocycles. The molecule has 0 aliphatic rings. The molecule has 4 nitrogen and oxygen atoms in total. The van der Waals surface area contributed by atoms with Crippen LogP contribution in [0.5, 0.6) is 0 Å². The number of aliphatic carboxylic acids is 2. The largest absolute Gasteiger partial charge is 1.00 e. The van der Waals surface area contributed by atoms with Crippen molar-refractivity contribution >= 4 is 23.3 Å². The van der Waals surface area contributed by atoms with Gasteiger partial charge in [-0.3, -0.25) is 0 Å². The van der Waals surface area contributed by atoms with Crippen molar-refractivity contribution in [3.8, 4) is 0 Å². The Bertz CT molecular complexity index is 285. The first-order valence-corrected chi connectivity index (χ1v) is 4.01. The van der Waals surface area contributed by atoms with E-state index in [2.05, 4.69) is 0 Å². The van der Waals surface area contributed by atoms with Gasteiger partial charge in [-0.15, -0.1) is 0 Å². The molecule has 0 bridgehead atoms. The first kappa shape index (κ1) is 17.0. The van der Waals surface area contributed by atoms with Crippen LogP contribution in [0.3, 0.4) is 0 Å². The van der Waals surface area contributed by atoms with Crippen LogP contribution in [-0.4, -0.2) is 11.9 Å². The van der Waals surface area contributed by atoms with Crippen LogP contribution in [-0.2, 0) is 9.59 Å². The second-order valence-electron chi connectivity index (χ2n) is 2.13. The Morgan fingerprint density at radius 2 is 1.71 bits per heavy atom. The van der Waals surface area contributed by atoms with Gasteiger partial charge < -0.3 is 19.8 Å². The summed E-state index contributed by atoms with van der Waals surface area (Å²) in [5, 5.41) is 23.7. The fourth-order valence-corrected chi connectivity index (χ4v) is 1.49. The predicted molar refractivity (Wildman–Crippen MR) is 37.1 cm³/mol. The van der Waals surface area contributed by atoms with Gasteiger partial charge >= 0.3 is 59.1 Å². The number of hydrogen-bond donors (Lipinski definition) is 0. The summed E-state index contributed by atoms with van der Waals surface area (Å²) in [4.78, 5) is 20.6. The second kappa shape index (κ2) is 7.87. The van der Waals surface area contributed by atoms with Crippen molar-refractivity contribution in [1.29, 1.82) is 0 Å². The van der Waals surface area contributed by atoms with Gasteiger partial charge in [-0.25, -0.2) is 0 Å². The van der Waals surface area contributed by atoms with E-state index in [0.717, 1.165) is 0 Å². The van der Waals surface area contributed by atoms with Crippen molar-refractivity contribution in [3.63, 3.8) is 0 Å². The van der Waals surface area contributed by atoms with E-state index in [0.29, 0.717) is 0 Å². The Hall–Kier alpha value is 0.640. The molecule has 64 valence electrons. The van der Waals surface area contributed by atoms with Crippen LogP contribution in [0.1, 0.15) is 11.5 Å². The summed E-state index contributed by atoms with van der Waals surface area (Å²) >= 11 is 1.22. The van der Waals surface area contributed by atoms with Gasteiger partial charge in [0, 0.05) is 0 Å². The van der Waals surface area contributed by atoms with E-state index in [4.69, 9.17) is 0 Å². The summed E-state index contributed by atoms with van der Waals surface area (Å²) in [6.07, 6.45) is 0. The van der Waals surface area contributed by atoms with Crippen LogP contribution in [0.2, 0.25) is 0 Å². The normalized spacial score (nSPS) is 8.64. The van der Waals surface area contributed by atoms with E-state index in [-0.39, 0.29) is 64.7 Å². The van der Waals surface area contributed by atoms with Crippen molar-refractivity contribution in [2.75, 3.05) is 0 Å². The molecule has 0 unspecified atom stereocenters. The van der Waals surface area contributed by atoms with E-state index < -0.39 is 17.9 Å². The number of carboxylic acid groups (broad SMARTS) is 2. The van der Waals surface area contributed by atoms with Crippen molar-refractivity contribution in [2.24, 2.45) is 0 Å². The van der Waals surface area contributed by atoms with Gasteiger partial charge in [0.1, 0.15) is 0 Å². The first-order valence-electron chi connectivity index (χ1n) is 3.06. The van der Waals surface area contributed by atoms with Crippen molar-refractivity contribution < 1.29 is 78.9 Å². The summed E-state index contributed by atoms with van der Waals surface area (Å²) in [5.41, 5.74) is 0.194. The van der Waals surface area contributed by atoms with Crippen LogP contribution in [0.15, 0.2) is 16.8 Å². The van der Waals surface area contributed by atoms with Crippen molar-refractivity contribution in [1.82, 2.24) is 0 Å². The smallest absolute Gasteiger partial charge is 0.549 e. The molecular weight excluding hydrogens is 226 g/mol. The third-order valence-corrected chi connectivity index (χ3v) is 2.05. The van der Waals surface area contributed by atoms with Crippen molar-refractivity contribution in [3.05, 3.63) is 22.4 Å². The van der Waals surface area contributed by atoms with Gasteiger partial charge in [-0.05, 0) is 22.4 Å². The molecule has 0 fully saturated rings. The first-order chi connectivity index (χ1) is 5.63. The third kappa shape index (κ3) is 4.44. The number of thiophene rings is 1. The Morgan fingerprint density at radius 1 is 1.21 bits per heavy atom. The Labute approximate surface area is 129 Å². The maximum Gasteiger partial charge on any atom is 1.00 e. The summed E-state index contributed by atoms with van der Waals surface area (Å²) in [5.74, 6) is -4.95. The number of carbonyl (C=O) groups excluding carboxylic acids is 2. The fourth-order valence-electron chi connectivity index (χ4n) is 0.808. The molecule has 1 heterocycles. The Morgan fingerprint density at radius 3 is 2.00 bits per heavy atom. The van der Waals surface area contributed by atoms with Gasteiger partial charge in [0.25, 0.3) is 0 Å². The zero-order valence-electron chi connectivity index (χ0n) is 7.85. The third-order valence-electron chi connectivity index (χ3n) is 1.35. The van der Waals surface area contributed by atoms with Crippen LogP contribution < -0.4 is 69.3 Å². The molecule has 0 radical (unpaired) electrons. The Balaban J connectivity index is 0. The summed E-state index contributed by atoms with van der Waals surface area (Å²) < 4.78 is 0. The minimum absolute atomic E-state index is 0. The predicted octanol–water partition coefficient (Wildman–Crippen LogP) is -7.66. The molecule has 0 aliphatic heterocycles. The van der Waals surface area contributed by atoms with Gasteiger partial charge in [0.2, 0.25) is 0 Å². The zero-order valence-corrected chi connectivity index (χ0v) is 12.7. The number of hydrogen-bond acceptors (Lipinski definition) is 5. The summed E-state index contributed by atoms with van der Waals surface area (Å²) in [6, 6.07) is 1.42. The van der Waals surface area contributed by atoms with Crippen LogP contribution >= 0.6 is 11.3 Å². The van der Waals surface area contributed by atoms with Gasteiger partial charge in [0.15, 0.2) is 0 Å². The number of carboxylic acids is 2. The van der Waals surface area contributed by atoms with Crippen LogP contribution in [0.4, 0.5) is 0 Å². The molecule has 0 atom stereocenters. The van der Waals surface area contributed by atoms with Gasteiger partial charge in [-0.1, -0.05) is 0 Å². The van der Waals surface area contributed by atoms with E-state index in [9.17, 15) is 19.8 Å². The minimum Gasteiger partial charge on any atom is -0.549 e. The van der Waals surface area contributed by atoms with Gasteiger partial charge in [-0.2, -0.15) is 11.3 Å². The average molecular weight is 230 g/mol. The van der Waals surface area contributed by atoms with E-state index in [1.54, 1.807) is 5.38 Å². The molecule has 1 rings (SSSR count). The topological polar surface area (TPSA) is 80.3 Å². The van der Waals surface area contributed by atoms with Crippen LogP contribution in [0, 0.1) is 0 Å². The molecule has 0 amide bonds. The summed E-state index contributed by atoms with van der Waals surface area (Å²) in [7, 11) is 0. The zero-order chi connectivity index (χ0) is 9.14. The molecule has 0 saturated heterocycles. The molecule has 0 aliphatic carbocycles. The van der Waals surface area contributed by atoms with Crippen molar-refractivity contribution in [2.45, 2.75) is 5.92 Å². The molecular formula is C7H4Na2O4S. The molecule has 0 spiro atoms. The number of rotatable bonds is 3. The monoisotopic (exact) mass is 230 g/mol. The standard InChI is InChI=1S/C7H6O4S.2Na/c8-6(9)5(7(10)11)4-1-2-12-3-4;;/h1-3,5H,(H,8,9)(H,10,11);;/q;2*+1/p-2. The number of carbonyl (C=O) groups is 2. The SMILES string of the molecule is O=C([O-])C(C(=O)[O-])c1ccsc1.[Na+].[Na+]. The summed E-state index contributed by atoms with van der Waals surface area (Å²) in [6.45, 7) is 0. The van der Waals surface area contributed by atoms with Gasteiger partial charge in [0.05, 0.1) is 17.9 Å². The van der Waals surface area contributed by atoms with E-state index in [1.165, 1.54) is 22.8 Å². The second-order valence-corrected chi connectivity index (χ2v) is 2.91. The Kier molecular flexibility index (Phi) is 9.58. The fraction of sp³-hybridized carbons (Fsp3) is 0.143.